The van der Waals surface area contributed by atoms with E-state index in [-0.39, 0.29) is 18.9 Å². The lowest BCUT2D eigenvalue weighted by molar-refractivity contribution is -0.142. The molecule has 0 radical (unpaired) electrons. The molecular formula is C13H21N3O5. The molecule has 0 saturated carbocycles. The van der Waals surface area contributed by atoms with Crippen LogP contribution in [0.5, 0.6) is 0 Å². The van der Waals surface area contributed by atoms with E-state index in [9.17, 15) is 19.2 Å². The number of urea groups is 1. The highest BCUT2D eigenvalue weighted by molar-refractivity contribution is 6.06. The number of carbonyl (C=O) groups excluding carboxylic acids is 3. The number of hydrogen-bond donors (Lipinski definition) is 3. The van der Waals surface area contributed by atoms with Crippen LogP contribution in [0.2, 0.25) is 0 Å². The topological polar surface area (TPSA) is 116 Å². The SMILES string of the molecule is CC(C)CC(NC(=O)N1CC(=O)NC(=O)C1(C)C)C(=O)O. The highest BCUT2D eigenvalue weighted by Gasteiger charge is 2.44. The fraction of sp³-hybridized carbons (Fsp3) is 0.692. The van der Waals surface area contributed by atoms with Gasteiger partial charge in [-0.2, -0.15) is 0 Å². The van der Waals surface area contributed by atoms with Gasteiger partial charge in [0, 0.05) is 0 Å². The van der Waals surface area contributed by atoms with Crippen LogP contribution in [0.1, 0.15) is 34.1 Å². The van der Waals surface area contributed by atoms with Crippen molar-refractivity contribution in [1.29, 1.82) is 0 Å². The Morgan fingerprint density at radius 1 is 1.38 bits per heavy atom. The third kappa shape index (κ3) is 3.93. The number of carbonyl (C=O) groups is 4. The molecule has 0 bridgehead atoms. The maximum absolute atomic E-state index is 12.2. The second kappa shape index (κ2) is 6.11. The summed E-state index contributed by atoms with van der Waals surface area (Å²) in [6.07, 6.45) is 0.259. The highest BCUT2D eigenvalue weighted by atomic mass is 16.4. The molecule has 1 heterocycles. The molecule has 1 rings (SSSR count). The van der Waals surface area contributed by atoms with Crippen molar-refractivity contribution in [1.82, 2.24) is 15.5 Å². The third-order valence-electron chi connectivity index (χ3n) is 3.33. The van der Waals surface area contributed by atoms with Gasteiger partial charge >= 0.3 is 12.0 Å². The highest BCUT2D eigenvalue weighted by Crippen LogP contribution is 2.18. The Bertz CT molecular complexity index is 472. The number of nitrogens with zero attached hydrogens (tertiary/aromatic N) is 1. The molecule has 4 amide bonds. The van der Waals surface area contributed by atoms with Crippen LogP contribution in [0.15, 0.2) is 0 Å². The summed E-state index contributed by atoms with van der Waals surface area (Å²) in [5, 5.41) is 13.6. The number of amides is 4. The van der Waals surface area contributed by atoms with Gasteiger partial charge in [-0.25, -0.2) is 9.59 Å². The van der Waals surface area contributed by atoms with Gasteiger partial charge in [0.05, 0.1) is 0 Å². The molecule has 1 saturated heterocycles. The predicted molar refractivity (Wildman–Crippen MR) is 73.3 cm³/mol. The third-order valence-corrected chi connectivity index (χ3v) is 3.33. The molecule has 0 aromatic carbocycles. The maximum atomic E-state index is 12.2. The molecule has 0 aromatic heterocycles. The smallest absolute Gasteiger partial charge is 0.326 e. The average molecular weight is 299 g/mol. The Morgan fingerprint density at radius 3 is 2.43 bits per heavy atom. The van der Waals surface area contributed by atoms with Crippen LogP contribution in [0.4, 0.5) is 4.79 Å². The lowest BCUT2D eigenvalue weighted by Crippen LogP contribution is -2.67. The number of piperazine rings is 1. The minimum Gasteiger partial charge on any atom is -0.480 e. The van der Waals surface area contributed by atoms with Crippen molar-refractivity contribution in [2.45, 2.75) is 45.7 Å². The predicted octanol–water partition coefficient (Wildman–Crippen LogP) is -0.0677. The summed E-state index contributed by atoms with van der Waals surface area (Å²) < 4.78 is 0. The number of carboxylic acids is 1. The first-order valence-electron chi connectivity index (χ1n) is 6.71. The summed E-state index contributed by atoms with van der Waals surface area (Å²) in [5.41, 5.74) is -1.22. The van der Waals surface area contributed by atoms with Crippen molar-refractivity contribution >= 4 is 23.8 Å². The summed E-state index contributed by atoms with van der Waals surface area (Å²) in [6, 6.07) is -1.80. The first-order chi connectivity index (χ1) is 9.55. The van der Waals surface area contributed by atoms with Crippen LogP contribution in [-0.2, 0) is 14.4 Å². The van der Waals surface area contributed by atoms with Gasteiger partial charge in [-0.3, -0.25) is 14.9 Å². The molecule has 1 unspecified atom stereocenters. The lowest BCUT2D eigenvalue weighted by atomic mass is 9.99. The van der Waals surface area contributed by atoms with E-state index in [1.54, 1.807) is 0 Å². The van der Waals surface area contributed by atoms with E-state index < -0.39 is 35.4 Å². The molecule has 0 aliphatic carbocycles. The number of aliphatic carboxylic acids is 1. The van der Waals surface area contributed by atoms with Crippen molar-refractivity contribution in [2.75, 3.05) is 6.54 Å². The zero-order chi connectivity index (χ0) is 16.4. The van der Waals surface area contributed by atoms with E-state index in [1.165, 1.54) is 13.8 Å². The molecule has 1 aliphatic rings. The molecular weight excluding hydrogens is 278 g/mol. The van der Waals surface area contributed by atoms with E-state index in [2.05, 4.69) is 10.6 Å². The summed E-state index contributed by atoms with van der Waals surface area (Å²) in [5.74, 6) is -2.26. The van der Waals surface area contributed by atoms with E-state index in [4.69, 9.17) is 5.11 Å². The van der Waals surface area contributed by atoms with Gasteiger partial charge in [0.1, 0.15) is 18.1 Å². The fourth-order valence-corrected chi connectivity index (χ4v) is 2.03. The Kier molecular flexibility index (Phi) is 4.93. The van der Waals surface area contributed by atoms with Gasteiger partial charge in [0.25, 0.3) is 5.91 Å². The Balaban J connectivity index is 2.87. The molecule has 3 N–H and O–H groups in total. The number of carboxylic acid groups (broad SMARTS) is 1. The average Bonchev–Trinajstić information content (AvgIpc) is 2.32. The van der Waals surface area contributed by atoms with Crippen molar-refractivity contribution in [2.24, 2.45) is 5.92 Å². The molecule has 118 valence electrons. The number of rotatable bonds is 4. The van der Waals surface area contributed by atoms with Crippen molar-refractivity contribution in [3.8, 4) is 0 Å². The second-order valence-corrected chi connectivity index (χ2v) is 5.99. The fourth-order valence-electron chi connectivity index (χ4n) is 2.03. The van der Waals surface area contributed by atoms with E-state index in [1.807, 2.05) is 13.8 Å². The standard InChI is InChI=1S/C13H21N3O5/c1-7(2)5-8(10(18)19)14-12(21)16-6-9(17)15-11(20)13(16,3)4/h7-8H,5-6H2,1-4H3,(H,14,21)(H,18,19)(H,15,17,20). The molecule has 8 nitrogen and oxygen atoms in total. The summed E-state index contributed by atoms with van der Waals surface area (Å²) in [4.78, 5) is 47.6. The molecule has 1 atom stereocenters. The van der Waals surface area contributed by atoms with Crippen molar-refractivity contribution in [3.05, 3.63) is 0 Å². The van der Waals surface area contributed by atoms with Crippen LogP contribution >= 0.6 is 0 Å². The van der Waals surface area contributed by atoms with Gasteiger partial charge in [0.15, 0.2) is 0 Å². The van der Waals surface area contributed by atoms with Gasteiger partial charge in [-0.15, -0.1) is 0 Å². The van der Waals surface area contributed by atoms with Crippen molar-refractivity contribution < 1.29 is 24.3 Å². The minimum absolute atomic E-state index is 0.0747. The molecule has 8 heteroatoms. The molecule has 0 spiro atoms. The van der Waals surface area contributed by atoms with E-state index in [0.29, 0.717) is 0 Å². The number of imide groups is 1. The van der Waals surface area contributed by atoms with Gasteiger partial charge in [-0.05, 0) is 26.2 Å². The van der Waals surface area contributed by atoms with Crippen LogP contribution in [-0.4, -0.2) is 51.9 Å². The lowest BCUT2D eigenvalue weighted by Gasteiger charge is -2.40. The number of hydrogen-bond acceptors (Lipinski definition) is 4. The monoisotopic (exact) mass is 299 g/mol. The minimum atomic E-state index is -1.22. The van der Waals surface area contributed by atoms with Crippen LogP contribution in [0.3, 0.4) is 0 Å². The first kappa shape index (κ1) is 16.9. The quantitative estimate of drug-likeness (QED) is 0.629. The Hall–Kier alpha value is -2.12. The van der Waals surface area contributed by atoms with Crippen molar-refractivity contribution in [3.63, 3.8) is 0 Å². The van der Waals surface area contributed by atoms with Gasteiger partial charge < -0.3 is 15.3 Å². The van der Waals surface area contributed by atoms with E-state index in [0.717, 1.165) is 4.90 Å². The van der Waals surface area contributed by atoms with Gasteiger partial charge in [-0.1, -0.05) is 13.8 Å². The van der Waals surface area contributed by atoms with Crippen LogP contribution in [0, 0.1) is 5.92 Å². The summed E-state index contributed by atoms with van der Waals surface area (Å²) in [7, 11) is 0. The zero-order valence-corrected chi connectivity index (χ0v) is 12.6. The zero-order valence-electron chi connectivity index (χ0n) is 12.6. The maximum Gasteiger partial charge on any atom is 0.326 e. The molecule has 1 aliphatic heterocycles. The molecule has 1 fully saturated rings. The Morgan fingerprint density at radius 2 is 1.95 bits per heavy atom. The largest absolute Gasteiger partial charge is 0.480 e. The van der Waals surface area contributed by atoms with Crippen LogP contribution in [0.25, 0.3) is 0 Å². The second-order valence-electron chi connectivity index (χ2n) is 5.99. The van der Waals surface area contributed by atoms with E-state index >= 15 is 0 Å². The molecule has 21 heavy (non-hydrogen) atoms. The van der Waals surface area contributed by atoms with Crippen LogP contribution < -0.4 is 10.6 Å². The van der Waals surface area contributed by atoms with Gasteiger partial charge in [0.2, 0.25) is 5.91 Å². The molecule has 0 aromatic rings. The normalized spacial score (nSPS) is 19.2. The Labute approximate surface area is 122 Å². The summed E-state index contributed by atoms with van der Waals surface area (Å²) >= 11 is 0. The number of nitrogens with one attached hydrogen (secondary N) is 2. The summed E-state index contributed by atoms with van der Waals surface area (Å²) in [6.45, 7) is 6.37. The first-order valence-corrected chi connectivity index (χ1v) is 6.71.